The summed E-state index contributed by atoms with van der Waals surface area (Å²) in [5.74, 6) is -0.554. The van der Waals surface area contributed by atoms with Gasteiger partial charge in [-0.1, -0.05) is 12.1 Å². The highest BCUT2D eigenvalue weighted by molar-refractivity contribution is 6.08. The van der Waals surface area contributed by atoms with Crippen LogP contribution in [0.2, 0.25) is 0 Å². The molecule has 1 aliphatic heterocycles. The van der Waals surface area contributed by atoms with Crippen molar-refractivity contribution in [2.24, 2.45) is 10.7 Å². The minimum atomic E-state index is -0.522. The van der Waals surface area contributed by atoms with Gasteiger partial charge in [0.15, 0.2) is 0 Å². The van der Waals surface area contributed by atoms with E-state index in [0.29, 0.717) is 17.6 Å². The van der Waals surface area contributed by atoms with Crippen LogP contribution < -0.4 is 17.0 Å². The normalized spacial score (nSPS) is 18.3. The number of rotatable bonds is 3. The molecule has 7 nitrogen and oxygen atoms in total. The Balaban J connectivity index is 1.66. The standard InChI is InChI=1S/C22H25FN6O/c1-28-10-12-29(13-11-28)15-5-2-4-14(8-9-15)26-21(25)19-20(24)18-16(23)6-3-7-17(18)27-22(19)30/h2-3,5-9H,4,10-13H2,1H3,(H2,25,26)(H3,24,27,30). The molecule has 0 radical (unpaired) electrons. The quantitative estimate of drug-likeness (QED) is 0.532. The fourth-order valence-corrected chi connectivity index (χ4v) is 3.76. The molecule has 0 amide bonds. The summed E-state index contributed by atoms with van der Waals surface area (Å²) < 4.78 is 14.3. The van der Waals surface area contributed by atoms with E-state index < -0.39 is 11.4 Å². The number of aliphatic imine (C=N–C) groups is 1. The lowest BCUT2D eigenvalue weighted by atomic mass is 10.1. The first kappa shape index (κ1) is 19.9. The van der Waals surface area contributed by atoms with Gasteiger partial charge in [0.2, 0.25) is 0 Å². The van der Waals surface area contributed by atoms with Crippen molar-refractivity contribution >= 4 is 22.4 Å². The summed E-state index contributed by atoms with van der Waals surface area (Å²) in [4.78, 5) is 24.2. The van der Waals surface area contributed by atoms with Crippen LogP contribution in [0.3, 0.4) is 0 Å². The van der Waals surface area contributed by atoms with Gasteiger partial charge < -0.3 is 26.3 Å². The van der Waals surface area contributed by atoms with Crippen molar-refractivity contribution in [3.63, 3.8) is 0 Å². The Bertz CT molecular complexity index is 1150. The minimum Gasteiger partial charge on any atom is -0.397 e. The maximum Gasteiger partial charge on any atom is 0.261 e. The zero-order chi connectivity index (χ0) is 21.3. The first-order valence-corrected chi connectivity index (χ1v) is 9.89. The molecule has 0 saturated carbocycles. The summed E-state index contributed by atoms with van der Waals surface area (Å²) in [6, 6.07) is 4.39. The van der Waals surface area contributed by atoms with E-state index in [0.717, 1.165) is 31.9 Å². The number of aromatic amines is 1. The lowest BCUT2D eigenvalue weighted by molar-refractivity contribution is 0.190. The van der Waals surface area contributed by atoms with Crippen LogP contribution in [0.25, 0.3) is 10.9 Å². The van der Waals surface area contributed by atoms with Crippen molar-refractivity contribution in [1.29, 1.82) is 0 Å². The van der Waals surface area contributed by atoms with Gasteiger partial charge in [-0.2, -0.15) is 0 Å². The third-order valence-electron chi connectivity index (χ3n) is 5.48. The highest BCUT2D eigenvalue weighted by Crippen LogP contribution is 2.24. The second kappa shape index (κ2) is 8.16. The molecule has 1 aliphatic carbocycles. The number of benzene rings is 1. The van der Waals surface area contributed by atoms with E-state index in [9.17, 15) is 9.18 Å². The number of fused-ring (bicyclic) bond motifs is 1. The van der Waals surface area contributed by atoms with Gasteiger partial charge in [0, 0.05) is 44.0 Å². The maximum absolute atomic E-state index is 14.3. The number of H-pyrrole nitrogens is 1. The predicted octanol–water partition coefficient (Wildman–Crippen LogP) is 1.93. The molecule has 1 aromatic heterocycles. The monoisotopic (exact) mass is 408 g/mol. The summed E-state index contributed by atoms with van der Waals surface area (Å²) >= 11 is 0. The maximum atomic E-state index is 14.3. The van der Waals surface area contributed by atoms with Gasteiger partial charge in [-0.3, -0.25) is 4.79 Å². The SMILES string of the molecule is CN1CCN(C2=CC=C(N=C(N)c3c(N)c4c(F)cccc4[nH]c3=O)CC=C2)CC1. The molecule has 0 atom stereocenters. The van der Waals surface area contributed by atoms with Crippen molar-refractivity contribution in [3.05, 3.63) is 75.6 Å². The minimum absolute atomic E-state index is 0.00784. The van der Waals surface area contributed by atoms with Gasteiger partial charge in [-0.15, -0.1) is 0 Å². The molecule has 2 heterocycles. The summed E-state index contributed by atoms with van der Waals surface area (Å²) in [6.07, 6.45) is 8.57. The largest absolute Gasteiger partial charge is 0.397 e. The average molecular weight is 408 g/mol. The zero-order valence-electron chi connectivity index (χ0n) is 16.9. The number of likely N-dealkylation sites (N-methyl/N-ethyl adjacent to an activating group) is 1. The third kappa shape index (κ3) is 3.86. The molecule has 0 unspecified atom stereocenters. The number of pyridine rings is 1. The van der Waals surface area contributed by atoms with E-state index in [1.54, 1.807) is 6.07 Å². The zero-order valence-corrected chi connectivity index (χ0v) is 16.9. The van der Waals surface area contributed by atoms with Crippen LogP contribution in [0.15, 0.2) is 63.7 Å². The smallest absolute Gasteiger partial charge is 0.261 e. The molecule has 1 saturated heterocycles. The topological polar surface area (TPSA) is 104 Å². The Morgan fingerprint density at radius 3 is 2.73 bits per heavy atom. The van der Waals surface area contributed by atoms with Gasteiger partial charge >= 0.3 is 0 Å². The van der Waals surface area contributed by atoms with Crippen molar-refractivity contribution < 1.29 is 4.39 Å². The van der Waals surface area contributed by atoms with Crippen LogP contribution in [-0.2, 0) is 0 Å². The molecular formula is C22H25FN6O. The Morgan fingerprint density at radius 2 is 1.97 bits per heavy atom. The number of nitrogens with two attached hydrogens (primary N) is 2. The summed E-state index contributed by atoms with van der Waals surface area (Å²) in [7, 11) is 2.12. The van der Waals surface area contributed by atoms with E-state index in [1.807, 2.05) is 18.2 Å². The number of allylic oxidation sites excluding steroid dienone is 4. The number of nitrogens with one attached hydrogen (secondary N) is 1. The number of anilines is 1. The predicted molar refractivity (Wildman–Crippen MR) is 119 cm³/mol. The van der Waals surface area contributed by atoms with Crippen molar-refractivity contribution in [2.45, 2.75) is 6.42 Å². The Morgan fingerprint density at radius 1 is 1.20 bits per heavy atom. The van der Waals surface area contributed by atoms with Gasteiger partial charge in [0.25, 0.3) is 5.56 Å². The van der Waals surface area contributed by atoms with E-state index in [-0.39, 0.29) is 22.5 Å². The van der Waals surface area contributed by atoms with Crippen LogP contribution in [-0.4, -0.2) is 53.8 Å². The van der Waals surface area contributed by atoms with Crippen molar-refractivity contribution in [2.75, 3.05) is 39.0 Å². The third-order valence-corrected chi connectivity index (χ3v) is 5.48. The molecule has 30 heavy (non-hydrogen) atoms. The van der Waals surface area contributed by atoms with Gasteiger partial charge in [-0.05, 0) is 37.4 Å². The second-order valence-electron chi connectivity index (χ2n) is 7.55. The second-order valence-corrected chi connectivity index (χ2v) is 7.55. The van der Waals surface area contributed by atoms with Crippen LogP contribution in [0.5, 0.6) is 0 Å². The molecule has 156 valence electrons. The molecule has 2 aliphatic rings. The number of amidine groups is 1. The van der Waals surface area contributed by atoms with Crippen LogP contribution in [0.4, 0.5) is 10.1 Å². The van der Waals surface area contributed by atoms with Crippen molar-refractivity contribution in [3.8, 4) is 0 Å². The number of piperazine rings is 1. The summed E-state index contributed by atoms with van der Waals surface area (Å²) in [5.41, 5.74) is 13.9. The molecule has 1 aromatic carbocycles. The van der Waals surface area contributed by atoms with E-state index in [1.165, 1.54) is 12.1 Å². The van der Waals surface area contributed by atoms with Gasteiger partial charge in [0.1, 0.15) is 17.2 Å². The Hall–Kier alpha value is -3.39. The molecular weight excluding hydrogens is 383 g/mol. The first-order valence-electron chi connectivity index (χ1n) is 9.89. The van der Waals surface area contributed by atoms with E-state index in [2.05, 4.69) is 32.9 Å². The number of hydrogen-bond donors (Lipinski definition) is 3. The molecule has 0 bridgehead atoms. The lowest BCUT2D eigenvalue weighted by Gasteiger charge is -2.34. The summed E-state index contributed by atoms with van der Waals surface area (Å²) in [5, 5.41) is 0.136. The van der Waals surface area contributed by atoms with Crippen molar-refractivity contribution in [1.82, 2.24) is 14.8 Å². The van der Waals surface area contributed by atoms with E-state index in [4.69, 9.17) is 11.5 Å². The molecule has 4 rings (SSSR count). The summed E-state index contributed by atoms with van der Waals surface area (Å²) in [6.45, 7) is 3.98. The van der Waals surface area contributed by atoms with Gasteiger partial charge in [-0.25, -0.2) is 9.38 Å². The lowest BCUT2D eigenvalue weighted by Crippen LogP contribution is -2.43. The molecule has 5 N–H and O–H groups in total. The molecule has 1 fully saturated rings. The average Bonchev–Trinajstić information content (AvgIpc) is 2.94. The van der Waals surface area contributed by atoms with Gasteiger partial charge in [0.05, 0.1) is 16.6 Å². The van der Waals surface area contributed by atoms with Crippen LogP contribution in [0.1, 0.15) is 12.0 Å². The van der Waals surface area contributed by atoms with E-state index >= 15 is 0 Å². The number of nitrogen functional groups attached to an aromatic ring is 1. The Kier molecular flexibility index (Phi) is 5.41. The number of hydrogen-bond acceptors (Lipinski definition) is 5. The number of nitrogens with zero attached hydrogens (tertiary/aromatic N) is 3. The number of halogens is 1. The molecule has 0 spiro atoms. The number of aromatic nitrogens is 1. The highest BCUT2D eigenvalue weighted by Gasteiger charge is 2.17. The first-order chi connectivity index (χ1) is 14.4. The van der Waals surface area contributed by atoms with Crippen LogP contribution in [0, 0.1) is 5.82 Å². The fourth-order valence-electron chi connectivity index (χ4n) is 3.76. The van der Waals surface area contributed by atoms with Crippen LogP contribution >= 0.6 is 0 Å². The Labute approximate surface area is 173 Å². The molecule has 8 heteroatoms. The fraction of sp³-hybridized carbons (Fsp3) is 0.273. The molecule has 2 aromatic rings. The highest BCUT2D eigenvalue weighted by atomic mass is 19.1.